The van der Waals surface area contributed by atoms with E-state index in [1.165, 1.54) is 19.3 Å². The van der Waals surface area contributed by atoms with Crippen molar-refractivity contribution in [2.24, 2.45) is 0 Å². The fourth-order valence-electron chi connectivity index (χ4n) is 1.23. The van der Waals surface area contributed by atoms with Crippen molar-refractivity contribution >= 4 is 21.7 Å². The monoisotopic (exact) mass is 256 g/mol. The summed E-state index contributed by atoms with van der Waals surface area (Å²) in [4.78, 5) is 4.41. The highest BCUT2D eigenvalue weighted by molar-refractivity contribution is 9.10. The number of nitrogens with zero attached hydrogens (tertiary/aromatic N) is 1. The molecule has 0 spiro atoms. The van der Waals surface area contributed by atoms with E-state index >= 15 is 0 Å². The minimum Gasteiger partial charge on any atom is -0.370 e. The van der Waals surface area contributed by atoms with Gasteiger partial charge in [-0.05, 0) is 41.4 Å². The molecule has 0 aliphatic heterocycles. The van der Waals surface area contributed by atoms with E-state index in [4.69, 9.17) is 0 Å². The Labute approximate surface area is 94.3 Å². The van der Waals surface area contributed by atoms with Crippen LogP contribution in [0.2, 0.25) is 0 Å². The van der Waals surface area contributed by atoms with Gasteiger partial charge in [-0.1, -0.05) is 19.8 Å². The Balaban J connectivity index is 2.39. The highest BCUT2D eigenvalue weighted by Crippen LogP contribution is 2.16. The standard InChI is InChI=1S/C11H17BrN2/c1-3-4-5-8-13-11-7-6-10(12)9(2)14-11/h6-7H,3-5,8H2,1-2H3,(H,13,14). The summed E-state index contributed by atoms with van der Waals surface area (Å²) in [6, 6.07) is 4.04. The van der Waals surface area contributed by atoms with Gasteiger partial charge in [-0.2, -0.15) is 0 Å². The zero-order valence-corrected chi connectivity index (χ0v) is 10.4. The van der Waals surface area contributed by atoms with Gasteiger partial charge < -0.3 is 5.32 Å². The number of pyridine rings is 1. The molecule has 0 unspecified atom stereocenters. The summed E-state index contributed by atoms with van der Waals surface area (Å²) in [5, 5.41) is 3.32. The van der Waals surface area contributed by atoms with Crippen LogP contribution in [0.3, 0.4) is 0 Å². The lowest BCUT2D eigenvalue weighted by Gasteiger charge is -2.06. The second-order valence-electron chi connectivity index (χ2n) is 3.40. The van der Waals surface area contributed by atoms with Gasteiger partial charge in [0.2, 0.25) is 0 Å². The summed E-state index contributed by atoms with van der Waals surface area (Å²) in [6.07, 6.45) is 3.75. The second kappa shape index (κ2) is 6.02. The maximum atomic E-state index is 4.41. The van der Waals surface area contributed by atoms with E-state index in [-0.39, 0.29) is 0 Å². The first-order chi connectivity index (χ1) is 6.74. The molecule has 2 nitrogen and oxygen atoms in total. The smallest absolute Gasteiger partial charge is 0.126 e. The Kier molecular flexibility index (Phi) is 4.94. The van der Waals surface area contributed by atoms with Gasteiger partial charge >= 0.3 is 0 Å². The summed E-state index contributed by atoms with van der Waals surface area (Å²) in [7, 11) is 0. The molecule has 0 bridgehead atoms. The molecule has 1 N–H and O–H groups in total. The number of aromatic nitrogens is 1. The average molecular weight is 257 g/mol. The lowest BCUT2D eigenvalue weighted by molar-refractivity contribution is 0.742. The Hall–Kier alpha value is -0.570. The lowest BCUT2D eigenvalue weighted by Crippen LogP contribution is -2.03. The van der Waals surface area contributed by atoms with E-state index in [1.54, 1.807) is 0 Å². The topological polar surface area (TPSA) is 24.9 Å². The fraction of sp³-hybridized carbons (Fsp3) is 0.545. The number of hydrogen-bond donors (Lipinski definition) is 1. The zero-order chi connectivity index (χ0) is 10.4. The molecule has 1 rings (SSSR count). The predicted molar refractivity (Wildman–Crippen MR) is 64.7 cm³/mol. The molecular weight excluding hydrogens is 240 g/mol. The molecule has 0 radical (unpaired) electrons. The molecule has 0 saturated carbocycles. The molecule has 1 heterocycles. The molecule has 1 aromatic rings. The number of anilines is 1. The molecule has 0 aliphatic carbocycles. The third-order valence-electron chi connectivity index (χ3n) is 2.11. The summed E-state index contributed by atoms with van der Waals surface area (Å²) >= 11 is 3.43. The first-order valence-electron chi connectivity index (χ1n) is 5.11. The summed E-state index contributed by atoms with van der Waals surface area (Å²) in [5.41, 5.74) is 1.03. The van der Waals surface area contributed by atoms with E-state index in [2.05, 4.69) is 33.2 Å². The minimum absolute atomic E-state index is 0.974. The van der Waals surface area contributed by atoms with Crippen LogP contribution < -0.4 is 5.32 Å². The van der Waals surface area contributed by atoms with Crippen LogP contribution >= 0.6 is 15.9 Å². The van der Waals surface area contributed by atoms with Gasteiger partial charge in [-0.3, -0.25) is 0 Å². The number of hydrogen-bond acceptors (Lipinski definition) is 2. The molecule has 0 atom stereocenters. The van der Waals surface area contributed by atoms with Gasteiger partial charge in [0, 0.05) is 11.0 Å². The van der Waals surface area contributed by atoms with Crippen molar-refractivity contribution in [3.8, 4) is 0 Å². The molecule has 0 amide bonds. The third-order valence-corrected chi connectivity index (χ3v) is 2.95. The van der Waals surface area contributed by atoms with Crippen LogP contribution in [-0.4, -0.2) is 11.5 Å². The van der Waals surface area contributed by atoms with Crippen LogP contribution in [0, 0.1) is 6.92 Å². The summed E-state index contributed by atoms with van der Waals surface area (Å²) in [6.45, 7) is 5.23. The van der Waals surface area contributed by atoms with Gasteiger partial charge in [0.25, 0.3) is 0 Å². The molecule has 0 fully saturated rings. The lowest BCUT2D eigenvalue weighted by atomic mass is 10.2. The normalized spacial score (nSPS) is 10.2. The van der Waals surface area contributed by atoms with E-state index < -0.39 is 0 Å². The Bertz CT molecular complexity index is 287. The minimum atomic E-state index is 0.974. The van der Waals surface area contributed by atoms with Crippen molar-refractivity contribution in [2.45, 2.75) is 33.1 Å². The van der Waals surface area contributed by atoms with Gasteiger partial charge in [-0.25, -0.2) is 4.98 Å². The van der Waals surface area contributed by atoms with E-state index in [0.717, 1.165) is 22.5 Å². The van der Waals surface area contributed by atoms with Crippen LogP contribution in [0.5, 0.6) is 0 Å². The van der Waals surface area contributed by atoms with Crippen molar-refractivity contribution in [1.82, 2.24) is 4.98 Å². The molecular formula is C11H17BrN2. The highest BCUT2D eigenvalue weighted by atomic mass is 79.9. The van der Waals surface area contributed by atoms with Crippen molar-refractivity contribution in [3.05, 3.63) is 22.3 Å². The Morgan fingerprint density at radius 1 is 1.36 bits per heavy atom. The van der Waals surface area contributed by atoms with Gasteiger partial charge in [0.15, 0.2) is 0 Å². The fourth-order valence-corrected chi connectivity index (χ4v) is 1.45. The Morgan fingerprint density at radius 2 is 2.14 bits per heavy atom. The maximum Gasteiger partial charge on any atom is 0.126 e. The quantitative estimate of drug-likeness (QED) is 0.812. The average Bonchev–Trinajstić information content (AvgIpc) is 2.18. The Morgan fingerprint density at radius 3 is 2.79 bits per heavy atom. The van der Waals surface area contributed by atoms with Gasteiger partial charge in [0.1, 0.15) is 5.82 Å². The van der Waals surface area contributed by atoms with Crippen molar-refractivity contribution in [3.63, 3.8) is 0 Å². The van der Waals surface area contributed by atoms with E-state index in [0.29, 0.717) is 0 Å². The molecule has 14 heavy (non-hydrogen) atoms. The number of aryl methyl sites for hydroxylation is 1. The number of unbranched alkanes of at least 4 members (excludes halogenated alkanes) is 2. The maximum absolute atomic E-state index is 4.41. The molecule has 3 heteroatoms. The van der Waals surface area contributed by atoms with Gasteiger partial charge in [-0.15, -0.1) is 0 Å². The van der Waals surface area contributed by atoms with Crippen molar-refractivity contribution in [1.29, 1.82) is 0 Å². The van der Waals surface area contributed by atoms with Gasteiger partial charge in [0.05, 0.1) is 5.69 Å². The van der Waals surface area contributed by atoms with E-state index in [9.17, 15) is 0 Å². The summed E-state index contributed by atoms with van der Waals surface area (Å²) in [5.74, 6) is 0.974. The largest absolute Gasteiger partial charge is 0.370 e. The van der Waals surface area contributed by atoms with Crippen molar-refractivity contribution in [2.75, 3.05) is 11.9 Å². The van der Waals surface area contributed by atoms with E-state index in [1.807, 2.05) is 19.1 Å². The molecule has 0 saturated heterocycles. The third kappa shape index (κ3) is 3.66. The van der Waals surface area contributed by atoms with Crippen LogP contribution in [0.1, 0.15) is 31.9 Å². The van der Waals surface area contributed by atoms with Crippen molar-refractivity contribution < 1.29 is 0 Å². The zero-order valence-electron chi connectivity index (χ0n) is 8.81. The molecule has 0 aliphatic rings. The second-order valence-corrected chi connectivity index (χ2v) is 4.25. The number of nitrogens with one attached hydrogen (secondary N) is 1. The number of rotatable bonds is 5. The molecule has 78 valence electrons. The first-order valence-corrected chi connectivity index (χ1v) is 5.90. The van der Waals surface area contributed by atoms with Crippen LogP contribution in [0.4, 0.5) is 5.82 Å². The summed E-state index contributed by atoms with van der Waals surface area (Å²) < 4.78 is 1.07. The van der Waals surface area contributed by atoms with Crippen LogP contribution in [0.15, 0.2) is 16.6 Å². The SMILES string of the molecule is CCCCCNc1ccc(Br)c(C)n1. The molecule has 0 aromatic carbocycles. The van der Waals surface area contributed by atoms with Crippen LogP contribution in [0.25, 0.3) is 0 Å². The van der Waals surface area contributed by atoms with Crippen LogP contribution in [-0.2, 0) is 0 Å². The predicted octanol–water partition coefficient (Wildman–Crippen LogP) is 3.75. The molecule has 1 aromatic heterocycles. The highest BCUT2D eigenvalue weighted by Gasteiger charge is 1.97. The number of halogens is 1. The first kappa shape index (κ1) is 11.5.